The summed E-state index contributed by atoms with van der Waals surface area (Å²) >= 11 is 13.3. The molecule has 0 radical (unpaired) electrons. The number of carboxylic acids is 1. The van der Waals surface area contributed by atoms with Gasteiger partial charge in [-0.15, -0.1) is 11.3 Å². The summed E-state index contributed by atoms with van der Waals surface area (Å²) in [6, 6.07) is 6.73. The Balaban J connectivity index is 1.61. The maximum atomic E-state index is 12.7. The highest BCUT2D eigenvalue weighted by atomic mass is 35.5. The van der Waals surface area contributed by atoms with E-state index in [0.29, 0.717) is 45.8 Å². The number of hydrogen-bond donors (Lipinski definition) is 3. The van der Waals surface area contributed by atoms with Gasteiger partial charge in [0.1, 0.15) is 10.8 Å². The summed E-state index contributed by atoms with van der Waals surface area (Å²) in [5.74, 6) is -1.55. The van der Waals surface area contributed by atoms with Crippen LogP contribution in [0.3, 0.4) is 0 Å². The Morgan fingerprint density at radius 1 is 1.13 bits per heavy atom. The molecule has 1 heterocycles. The molecule has 0 atom stereocenters. The molecule has 0 spiro atoms. The number of thiophene rings is 1. The lowest BCUT2D eigenvalue weighted by Crippen LogP contribution is -2.30. The first-order chi connectivity index (χ1) is 14.8. The van der Waals surface area contributed by atoms with Crippen molar-refractivity contribution in [1.29, 1.82) is 0 Å². The van der Waals surface area contributed by atoms with E-state index in [1.54, 1.807) is 18.2 Å². The maximum Gasteiger partial charge on any atom is 0.306 e. The second-order valence-electron chi connectivity index (χ2n) is 7.32. The van der Waals surface area contributed by atoms with E-state index >= 15 is 0 Å². The Hall–Kier alpha value is -2.29. The number of rotatable bonds is 7. The second kappa shape index (κ2) is 10.3. The van der Waals surface area contributed by atoms with Crippen molar-refractivity contribution in [3.05, 3.63) is 44.8 Å². The molecule has 2 amide bonds. The van der Waals surface area contributed by atoms with E-state index in [0.717, 1.165) is 16.9 Å². The van der Waals surface area contributed by atoms with Crippen LogP contribution in [0.5, 0.6) is 5.75 Å². The number of amides is 2. The van der Waals surface area contributed by atoms with Gasteiger partial charge in [0.05, 0.1) is 28.0 Å². The molecule has 0 bridgehead atoms. The van der Waals surface area contributed by atoms with Gasteiger partial charge in [-0.1, -0.05) is 29.3 Å². The SMILES string of the molecule is COc1ccc(CNC(=O)c2cc(Cl)sc2NC(=O)C2CCC(C(=O)O)CC2)cc1Cl. The Morgan fingerprint density at radius 3 is 2.42 bits per heavy atom. The van der Waals surface area contributed by atoms with Gasteiger partial charge in [0.2, 0.25) is 5.91 Å². The maximum absolute atomic E-state index is 12.7. The van der Waals surface area contributed by atoms with Crippen LogP contribution in [-0.4, -0.2) is 30.0 Å². The number of hydrogen-bond acceptors (Lipinski definition) is 5. The topological polar surface area (TPSA) is 105 Å². The zero-order valence-corrected chi connectivity index (χ0v) is 19.1. The summed E-state index contributed by atoms with van der Waals surface area (Å²) in [5.41, 5.74) is 1.07. The first-order valence-electron chi connectivity index (χ1n) is 9.72. The van der Waals surface area contributed by atoms with Crippen LogP contribution in [0.2, 0.25) is 9.36 Å². The molecule has 7 nitrogen and oxygen atoms in total. The number of methoxy groups -OCH3 is 1. The fourth-order valence-electron chi connectivity index (χ4n) is 3.54. The zero-order chi connectivity index (χ0) is 22.5. The third kappa shape index (κ3) is 5.90. The van der Waals surface area contributed by atoms with Gasteiger partial charge in [0, 0.05) is 12.5 Å². The Bertz CT molecular complexity index is 986. The molecule has 166 valence electrons. The van der Waals surface area contributed by atoms with Gasteiger partial charge in [-0.05, 0) is 49.4 Å². The van der Waals surface area contributed by atoms with Crippen molar-refractivity contribution in [2.75, 3.05) is 12.4 Å². The average molecular weight is 485 g/mol. The normalized spacial score (nSPS) is 18.3. The summed E-state index contributed by atoms with van der Waals surface area (Å²) < 4.78 is 5.49. The number of halogens is 2. The molecular weight excluding hydrogens is 463 g/mol. The summed E-state index contributed by atoms with van der Waals surface area (Å²) in [5, 5.41) is 15.5. The third-order valence-corrected chi connectivity index (χ3v) is 6.77. The molecular formula is C21H22Cl2N2O5S. The fraction of sp³-hybridized carbons (Fsp3) is 0.381. The van der Waals surface area contributed by atoms with E-state index in [9.17, 15) is 14.4 Å². The summed E-state index contributed by atoms with van der Waals surface area (Å²) in [7, 11) is 1.52. The molecule has 10 heteroatoms. The van der Waals surface area contributed by atoms with Gasteiger partial charge in [0.25, 0.3) is 5.91 Å². The van der Waals surface area contributed by atoms with E-state index in [-0.39, 0.29) is 29.8 Å². The van der Waals surface area contributed by atoms with Gasteiger partial charge in [-0.2, -0.15) is 0 Å². The molecule has 31 heavy (non-hydrogen) atoms. The number of anilines is 1. The molecule has 2 aromatic rings. The molecule has 1 aromatic carbocycles. The van der Waals surface area contributed by atoms with Crippen molar-refractivity contribution in [2.24, 2.45) is 11.8 Å². The van der Waals surface area contributed by atoms with E-state index in [1.807, 2.05) is 0 Å². The zero-order valence-electron chi connectivity index (χ0n) is 16.7. The molecule has 1 fully saturated rings. The Kier molecular flexibility index (Phi) is 7.80. The minimum Gasteiger partial charge on any atom is -0.495 e. The number of nitrogens with one attached hydrogen (secondary N) is 2. The summed E-state index contributed by atoms with van der Waals surface area (Å²) in [6.45, 7) is 0.239. The lowest BCUT2D eigenvalue weighted by atomic mass is 9.81. The molecule has 1 aliphatic carbocycles. The largest absolute Gasteiger partial charge is 0.495 e. The van der Waals surface area contributed by atoms with Crippen LogP contribution in [0, 0.1) is 11.8 Å². The van der Waals surface area contributed by atoms with Gasteiger partial charge >= 0.3 is 5.97 Å². The highest BCUT2D eigenvalue weighted by Crippen LogP contribution is 2.34. The van der Waals surface area contributed by atoms with E-state index in [2.05, 4.69) is 10.6 Å². The lowest BCUT2D eigenvalue weighted by Gasteiger charge is -2.25. The molecule has 3 N–H and O–H groups in total. The summed E-state index contributed by atoms with van der Waals surface area (Å²) in [4.78, 5) is 36.4. The van der Waals surface area contributed by atoms with Crippen molar-refractivity contribution in [2.45, 2.75) is 32.2 Å². The number of carbonyl (C=O) groups is 3. The minimum atomic E-state index is -0.819. The standard InChI is InChI=1S/C21H22Cl2N2O5S/c1-30-16-7-2-11(8-15(16)22)10-24-19(27)14-9-17(23)31-20(14)25-18(26)12-3-5-13(6-4-12)21(28)29/h2,7-9,12-13H,3-6,10H2,1H3,(H,24,27)(H,25,26)(H,28,29). The predicted octanol–water partition coefficient (Wildman–Crippen LogP) is 4.82. The number of ether oxygens (including phenoxy) is 1. The van der Waals surface area contributed by atoms with Crippen molar-refractivity contribution in [1.82, 2.24) is 5.32 Å². The molecule has 0 saturated heterocycles. The molecule has 0 unspecified atom stereocenters. The van der Waals surface area contributed by atoms with E-state index < -0.39 is 11.9 Å². The van der Waals surface area contributed by atoms with Gasteiger partial charge < -0.3 is 20.5 Å². The molecule has 3 rings (SSSR count). The van der Waals surface area contributed by atoms with Crippen LogP contribution in [0.4, 0.5) is 5.00 Å². The lowest BCUT2D eigenvalue weighted by molar-refractivity contribution is -0.143. The number of aliphatic carboxylic acids is 1. The monoisotopic (exact) mass is 484 g/mol. The number of carbonyl (C=O) groups excluding carboxylic acids is 2. The van der Waals surface area contributed by atoms with Crippen LogP contribution in [-0.2, 0) is 16.1 Å². The Labute approximate surface area is 193 Å². The van der Waals surface area contributed by atoms with Crippen LogP contribution >= 0.6 is 34.5 Å². The molecule has 1 aromatic heterocycles. The third-order valence-electron chi connectivity index (χ3n) is 5.30. The first-order valence-corrected chi connectivity index (χ1v) is 11.3. The summed E-state index contributed by atoms with van der Waals surface area (Å²) in [6.07, 6.45) is 1.94. The second-order valence-corrected chi connectivity index (χ2v) is 9.41. The molecule has 1 saturated carbocycles. The average Bonchev–Trinajstić information content (AvgIpc) is 3.12. The highest BCUT2D eigenvalue weighted by molar-refractivity contribution is 7.20. The minimum absolute atomic E-state index is 0.224. The van der Waals surface area contributed by atoms with Gasteiger partial charge in [-0.25, -0.2) is 0 Å². The number of benzene rings is 1. The highest BCUT2D eigenvalue weighted by Gasteiger charge is 2.30. The van der Waals surface area contributed by atoms with Crippen molar-refractivity contribution in [3.8, 4) is 5.75 Å². The number of carboxylic acid groups (broad SMARTS) is 1. The van der Waals surface area contributed by atoms with Crippen molar-refractivity contribution < 1.29 is 24.2 Å². The fourth-order valence-corrected chi connectivity index (χ4v) is 4.94. The van der Waals surface area contributed by atoms with Crippen LogP contribution < -0.4 is 15.4 Å². The van der Waals surface area contributed by atoms with E-state index in [4.69, 9.17) is 33.0 Å². The quantitative estimate of drug-likeness (QED) is 0.522. The first kappa shape index (κ1) is 23.4. The van der Waals surface area contributed by atoms with Crippen LogP contribution in [0.25, 0.3) is 0 Å². The van der Waals surface area contributed by atoms with E-state index in [1.165, 1.54) is 13.2 Å². The van der Waals surface area contributed by atoms with Crippen LogP contribution in [0.15, 0.2) is 24.3 Å². The molecule has 0 aliphatic heterocycles. The smallest absolute Gasteiger partial charge is 0.306 e. The van der Waals surface area contributed by atoms with Crippen molar-refractivity contribution in [3.63, 3.8) is 0 Å². The van der Waals surface area contributed by atoms with Crippen LogP contribution in [0.1, 0.15) is 41.6 Å². The molecule has 1 aliphatic rings. The van der Waals surface area contributed by atoms with Gasteiger partial charge in [0.15, 0.2) is 0 Å². The predicted molar refractivity (Wildman–Crippen MR) is 120 cm³/mol. The Morgan fingerprint density at radius 2 is 1.81 bits per heavy atom. The van der Waals surface area contributed by atoms with Crippen molar-refractivity contribution >= 4 is 57.3 Å². The van der Waals surface area contributed by atoms with Gasteiger partial charge in [-0.3, -0.25) is 14.4 Å².